The number of nitrogens with two attached hydrogens (primary N) is 1. The lowest BCUT2D eigenvalue weighted by atomic mass is 9.95. The molecule has 0 amide bonds. The standard InChI is InChI=1S/C12H21N3O3/c1-12(6-3-4-7-17-12)11-14-10(18-15-11)9(13)5-8-16-2/h9H,3-8,13H2,1-2H3. The van der Waals surface area contributed by atoms with Crippen LogP contribution in [0.4, 0.5) is 0 Å². The maximum atomic E-state index is 5.95. The SMILES string of the molecule is COCCC(N)c1nc(C2(C)CCCCO2)no1. The topological polar surface area (TPSA) is 83.4 Å². The van der Waals surface area contributed by atoms with Crippen LogP contribution in [0.3, 0.4) is 0 Å². The molecule has 0 bridgehead atoms. The molecule has 6 nitrogen and oxygen atoms in total. The summed E-state index contributed by atoms with van der Waals surface area (Å²) in [6.45, 7) is 3.32. The van der Waals surface area contributed by atoms with Crippen molar-refractivity contribution in [2.45, 2.75) is 44.2 Å². The fourth-order valence-electron chi connectivity index (χ4n) is 2.08. The maximum absolute atomic E-state index is 5.95. The first-order chi connectivity index (χ1) is 8.65. The van der Waals surface area contributed by atoms with Crippen molar-refractivity contribution in [3.8, 4) is 0 Å². The minimum atomic E-state index is -0.430. The Bertz CT molecular complexity index is 374. The van der Waals surface area contributed by atoms with Gasteiger partial charge in [0.25, 0.3) is 0 Å². The van der Waals surface area contributed by atoms with E-state index in [1.54, 1.807) is 7.11 Å². The second-order valence-electron chi connectivity index (χ2n) is 4.88. The third kappa shape index (κ3) is 2.88. The number of nitrogens with zero attached hydrogens (tertiary/aromatic N) is 2. The molecule has 0 spiro atoms. The van der Waals surface area contributed by atoms with E-state index in [0.29, 0.717) is 24.7 Å². The summed E-state index contributed by atoms with van der Waals surface area (Å²) < 4.78 is 16.0. The zero-order valence-corrected chi connectivity index (χ0v) is 11.0. The van der Waals surface area contributed by atoms with Gasteiger partial charge in [-0.25, -0.2) is 0 Å². The van der Waals surface area contributed by atoms with E-state index in [9.17, 15) is 0 Å². The molecule has 1 fully saturated rings. The minimum Gasteiger partial charge on any atom is -0.385 e. The Hall–Kier alpha value is -0.980. The molecule has 1 aromatic rings. The number of rotatable bonds is 5. The third-order valence-corrected chi connectivity index (χ3v) is 3.33. The highest BCUT2D eigenvalue weighted by Gasteiger charge is 2.35. The largest absolute Gasteiger partial charge is 0.385 e. The molecule has 2 atom stereocenters. The number of methoxy groups -OCH3 is 1. The summed E-state index contributed by atoms with van der Waals surface area (Å²) in [7, 11) is 1.64. The van der Waals surface area contributed by atoms with Crippen LogP contribution in [-0.4, -0.2) is 30.5 Å². The average Bonchev–Trinajstić information content (AvgIpc) is 2.87. The van der Waals surface area contributed by atoms with Crippen LogP contribution < -0.4 is 5.73 Å². The maximum Gasteiger partial charge on any atom is 0.243 e. The number of hydrogen-bond donors (Lipinski definition) is 1. The van der Waals surface area contributed by atoms with E-state index in [1.807, 2.05) is 6.92 Å². The summed E-state index contributed by atoms with van der Waals surface area (Å²) in [5.74, 6) is 1.06. The van der Waals surface area contributed by atoms with E-state index in [0.717, 1.165) is 25.9 Å². The van der Waals surface area contributed by atoms with Gasteiger partial charge in [0.05, 0.1) is 6.04 Å². The van der Waals surface area contributed by atoms with Crippen molar-refractivity contribution < 1.29 is 14.0 Å². The highest BCUT2D eigenvalue weighted by molar-refractivity contribution is 5.02. The fourth-order valence-corrected chi connectivity index (χ4v) is 2.08. The second-order valence-corrected chi connectivity index (χ2v) is 4.88. The van der Waals surface area contributed by atoms with Gasteiger partial charge in [0.1, 0.15) is 5.60 Å². The molecule has 1 saturated heterocycles. The molecule has 102 valence electrons. The van der Waals surface area contributed by atoms with Crippen molar-refractivity contribution in [1.29, 1.82) is 0 Å². The van der Waals surface area contributed by atoms with Gasteiger partial charge in [0, 0.05) is 20.3 Å². The molecule has 2 N–H and O–H groups in total. The molecule has 6 heteroatoms. The molecule has 0 saturated carbocycles. The first kappa shape index (κ1) is 13.5. The lowest BCUT2D eigenvalue weighted by Gasteiger charge is -2.30. The van der Waals surface area contributed by atoms with Crippen molar-refractivity contribution in [1.82, 2.24) is 10.1 Å². The van der Waals surface area contributed by atoms with Gasteiger partial charge in [-0.2, -0.15) is 4.98 Å². The molecule has 0 aromatic carbocycles. The summed E-state index contributed by atoms with van der Waals surface area (Å²) in [6.07, 6.45) is 3.79. The van der Waals surface area contributed by atoms with Crippen LogP contribution in [0.1, 0.15) is 50.4 Å². The van der Waals surface area contributed by atoms with Gasteiger partial charge in [-0.3, -0.25) is 0 Å². The van der Waals surface area contributed by atoms with E-state index in [1.165, 1.54) is 0 Å². The van der Waals surface area contributed by atoms with Gasteiger partial charge in [0.15, 0.2) is 0 Å². The highest BCUT2D eigenvalue weighted by Crippen LogP contribution is 2.33. The van der Waals surface area contributed by atoms with Gasteiger partial charge in [-0.1, -0.05) is 5.16 Å². The average molecular weight is 255 g/mol. The Kier molecular flexibility index (Phi) is 4.31. The van der Waals surface area contributed by atoms with Crippen molar-refractivity contribution >= 4 is 0 Å². The summed E-state index contributed by atoms with van der Waals surface area (Å²) in [5.41, 5.74) is 5.52. The molecule has 2 heterocycles. The molecule has 0 aliphatic carbocycles. The summed E-state index contributed by atoms with van der Waals surface area (Å²) >= 11 is 0. The molecular weight excluding hydrogens is 234 g/mol. The molecular formula is C12H21N3O3. The van der Waals surface area contributed by atoms with E-state index in [4.69, 9.17) is 19.7 Å². The van der Waals surface area contributed by atoms with Crippen LogP contribution in [0, 0.1) is 0 Å². The smallest absolute Gasteiger partial charge is 0.243 e. The molecule has 1 aliphatic rings. The Morgan fingerprint density at radius 3 is 3.00 bits per heavy atom. The Labute approximate surface area is 107 Å². The van der Waals surface area contributed by atoms with Gasteiger partial charge in [0.2, 0.25) is 11.7 Å². The van der Waals surface area contributed by atoms with Crippen molar-refractivity contribution in [3.05, 3.63) is 11.7 Å². The summed E-state index contributed by atoms with van der Waals surface area (Å²) in [6, 6.07) is -0.279. The normalized spacial score (nSPS) is 26.2. The molecule has 1 aliphatic heterocycles. The Morgan fingerprint density at radius 2 is 2.33 bits per heavy atom. The van der Waals surface area contributed by atoms with Crippen LogP contribution in [-0.2, 0) is 15.1 Å². The van der Waals surface area contributed by atoms with E-state index in [2.05, 4.69) is 10.1 Å². The van der Waals surface area contributed by atoms with Crippen LogP contribution in [0.2, 0.25) is 0 Å². The van der Waals surface area contributed by atoms with Crippen LogP contribution in [0.25, 0.3) is 0 Å². The summed E-state index contributed by atoms with van der Waals surface area (Å²) in [5, 5.41) is 4.01. The zero-order chi connectivity index (χ0) is 13.0. The van der Waals surface area contributed by atoms with Crippen LogP contribution >= 0.6 is 0 Å². The Balaban J connectivity index is 2.04. The number of ether oxygens (including phenoxy) is 2. The highest BCUT2D eigenvalue weighted by atomic mass is 16.5. The Morgan fingerprint density at radius 1 is 1.50 bits per heavy atom. The monoisotopic (exact) mass is 255 g/mol. The van der Waals surface area contributed by atoms with Crippen LogP contribution in [0.5, 0.6) is 0 Å². The van der Waals surface area contributed by atoms with Gasteiger partial charge in [-0.05, 0) is 32.6 Å². The molecule has 0 radical (unpaired) electrons. The first-order valence-corrected chi connectivity index (χ1v) is 6.38. The van der Waals surface area contributed by atoms with Gasteiger partial charge < -0.3 is 19.7 Å². The van der Waals surface area contributed by atoms with E-state index in [-0.39, 0.29) is 6.04 Å². The summed E-state index contributed by atoms with van der Waals surface area (Å²) in [4.78, 5) is 4.38. The van der Waals surface area contributed by atoms with Crippen molar-refractivity contribution in [2.24, 2.45) is 5.73 Å². The first-order valence-electron chi connectivity index (χ1n) is 6.38. The molecule has 2 rings (SSSR count). The molecule has 2 unspecified atom stereocenters. The predicted octanol–water partition coefficient (Wildman–Crippen LogP) is 1.52. The second kappa shape index (κ2) is 5.77. The zero-order valence-electron chi connectivity index (χ0n) is 11.0. The lowest BCUT2D eigenvalue weighted by molar-refractivity contribution is -0.0770. The molecule has 1 aromatic heterocycles. The fraction of sp³-hybridized carbons (Fsp3) is 0.833. The van der Waals surface area contributed by atoms with Gasteiger partial charge in [-0.15, -0.1) is 0 Å². The van der Waals surface area contributed by atoms with Crippen molar-refractivity contribution in [2.75, 3.05) is 20.3 Å². The van der Waals surface area contributed by atoms with Crippen LogP contribution in [0.15, 0.2) is 4.52 Å². The van der Waals surface area contributed by atoms with Gasteiger partial charge >= 0.3 is 0 Å². The predicted molar refractivity (Wildman–Crippen MR) is 64.9 cm³/mol. The number of aromatic nitrogens is 2. The quantitative estimate of drug-likeness (QED) is 0.858. The lowest BCUT2D eigenvalue weighted by Crippen LogP contribution is -2.31. The van der Waals surface area contributed by atoms with Crippen molar-refractivity contribution in [3.63, 3.8) is 0 Å². The number of hydrogen-bond acceptors (Lipinski definition) is 6. The third-order valence-electron chi connectivity index (χ3n) is 3.33. The van der Waals surface area contributed by atoms with E-state index < -0.39 is 5.60 Å². The van der Waals surface area contributed by atoms with E-state index >= 15 is 0 Å². The molecule has 18 heavy (non-hydrogen) atoms. The minimum absolute atomic E-state index is 0.279.